The lowest BCUT2D eigenvalue weighted by Crippen LogP contribution is -2.54. The Morgan fingerprint density at radius 1 is 1.07 bits per heavy atom. The lowest BCUT2D eigenvalue weighted by Gasteiger charge is -2.37. The number of hydrogen-bond donors (Lipinski definition) is 1. The number of rotatable bonds is 4. The van der Waals surface area contributed by atoms with E-state index in [-0.39, 0.29) is 11.8 Å². The summed E-state index contributed by atoms with van der Waals surface area (Å²) >= 11 is 9.40. The van der Waals surface area contributed by atoms with Crippen LogP contribution in [0.25, 0.3) is 0 Å². The second-order valence-electron chi connectivity index (χ2n) is 6.49. The lowest BCUT2D eigenvalue weighted by molar-refractivity contribution is -0.133. The van der Waals surface area contributed by atoms with Gasteiger partial charge in [0.15, 0.2) is 0 Å². The zero-order valence-corrected chi connectivity index (χ0v) is 17.3. The van der Waals surface area contributed by atoms with Crippen LogP contribution in [0.15, 0.2) is 53.0 Å². The highest BCUT2D eigenvalue weighted by atomic mass is 79.9. The van der Waals surface area contributed by atoms with E-state index in [1.165, 1.54) is 0 Å². The summed E-state index contributed by atoms with van der Waals surface area (Å²) in [5.41, 5.74) is 1.59. The maximum atomic E-state index is 12.7. The van der Waals surface area contributed by atoms with Gasteiger partial charge in [0.2, 0.25) is 5.91 Å². The Bertz CT molecular complexity index is 820. The smallest absolute Gasteiger partial charge is 0.251 e. The van der Waals surface area contributed by atoms with Crippen molar-refractivity contribution in [3.63, 3.8) is 0 Å². The van der Waals surface area contributed by atoms with E-state index in [1.807, 2.05) is 24.3 Å². The molecule has 0 saturated carbocycles. The highest BCUT2D eigenvalue weighted by molar-refractivity contribution is 9.10. The molecule has 0 bridgehead atoms. The minimum absolute atomic E-state index is 0.0637. The highest BCUT2D eigenvalue weighted by Crippen LogP contribution is 2.21. The van der Waals surface area contributed by atoms with Gasteiger partial charge in [-0.25, -0.2) is 0 Å². The molecule has 27 heavy (non-hydrogen) atoms. The third-order valence-corrected chi connectivity index (χ3v) is 5.35. The Morgan fingerprint density at radius 3 is 2.37 bits per heavy atom. The molecule has 1 atom stereocenters. The molecule has 142 valence electrons. The van der Waals surface area contributed by atoms with Crippen molar-refractivity contribution in [3.8, 4) is 0 Å². The number of benzene rings is 2. The minimum Gasteiger partial charge on any atom is -0.368 e. The molecule has 3 rings (SSSR count). The fourth-order valence-electron chi connectivity index (χ4n) is 3.07. The van der Waals surface area contributed by atoms with E-state index in [1.54, 1.807) is 36.1 Å². The molecule has 2 amide bonds. The van der Waals surface area contributed by atoms with Crippen LogP contribution in [-0.2, 0) is 4.79 Å². The average molecular weight is 451 g/mol. The predicted molar refractivity (Wildman–Crippen MR) is 111 cm³/mol. The standard InChI is InChI=1S/C20H21BrClN3O2/c1-14(23-19(26)15-5-7-16(21)8-6-15)20(27)25-11-9-24(10-12-25)18-4-2-3-17(22)13-18/h2-8,13-14H,9-12H2,1H3,(H,23,26)/t14-/m1/s1. The summed E-state index contributed by atoms with van der Waals surface area (Å²) in [5, 5.41) is 3.49. The quantitative estimate of drug-likeness (QED) is 0.775. The molecule has 1 N–H and O–H groups in total. The normalized spacial score (nSPS) is 15.4. The molecule has 1 aliphatic heterocycles. The molecule has 2 aromatic carbocycles. The number of carbonyl (C=O) groups excluding carboxylic acids is 2. The average Bonchev–Trinajstić information content (AvgIpc) is 2.68. The molecule has 0 spiro atoms. The molecule has 2 aromatic rings. The third kappa shape index (κ3) is 5.02. The van der Waals surface area contributed by atoms with Crippen molar-refractivity contribution in [2.75, 3.05) is 31.1 Å². The summed E-state index contributed by atoms with van der Waals surface area (Å²) in [5.74, 6) is -0.313. The van der Waals surface area contributed by atoms with Crippen molar-refractivity contribution >= 4 is 45.0 Å². The molecular weight excluding hydrogens is 430 g/mol. The summed E-state index contributed by atoms with van der Waals surface area (Å²) in [6.45, 7) is 4.43. The van der Waals surface area contributed by atoms with Crippen LogP contribution in [-0.4, -0.2) is 48.9 Å². The Balaban J connectivity index is 1.53. The molecule has 1 heterocycles. The third-order valence-electron chi connectivity index (χ3n) is 4.59. The first kappa shape index (κ1) is 19.7. The second-order valence-corrected chi connectivity index (χ2v) is 7.85. The summed E-state index contributed by atoms with van der Waals surface area (Å²) in [4.78, 5) is 29.0. The zero-order valence-electron chi connectivity index (χ0n) is 15.0. The van der Waals surface area contributed by atoms with Crippen LogP contribution in [0.5, 0.6) is 0 Å². The SMILES string of the molecule is C[C@@H](NC(=O)c1ccc(Br)cc1)C(=O)N1CCN(c2cccc(Cl)c2)CC1. The molecule has 1 fully saturated rings. The van der Waals surface area contributed by atoms with E-state index in [0.717, 1.165) is 23.2 Å². The summed E-state index contributed by atoms with van der Waals surface area (Å²) in [6, 6.07) is 14.2. The molecule has 0 aliphatic carbocycles. The van der Waals surface area contributed by atoms with E-state index in [2.05, 4.69) is 26.1 Å². The van der Waals surface area contributed by atoms with Gasteiger partial charge in [0.25, 0.3) is 5.91 Å². The highest BCUT2D eigenvalue weighted by Gasteiger charge is 2.26. The Hall–Kier alpha value is -2.05. The number of carbonyl (C=O) groups is 2. The van der Waals surface area contributed by atoms with Gasteiger partial charge in [0.05, 0.1) is 0 Å². The Kier molecular flexibility index (Phi) is 6.39. The summed E-state index contributed by atoms with van der Waals surface area (Å²) in [6.07, 6.45) is 0. The molecule has 0 unspecified atom stereocenters. The fourth-order valence-corrected chi connectivity index (χ4v) is 3.52. The molecule has 5 nitrogen and oxygen atoms in total. The van der Waals surface area contributed by atoms with Crippen LogP contribution >= 0.6 is 27.5 Å². The van der Waals surface area contributed by atoms with Crippen LogP contribution in [0, 0.1) is 0 Å². The lowest BCUT2D eigenvalue weighted by atomic mass is 10.2. The Morgan fingerprint density at radius 2 is 1.74 bits per heavy atom. The largest absolute Gasteiger partial charge is 0.368 e. The van der Waals surface area contributed by atoms with E-state index in [9.17, 15) is 9.59 Å². The Labute approximate surface area is 172 Å². The number of hydrogen-bond acceptors (Lipinski definition) is 3. The van der Waals surface area contributed by atoms with Crippen molar-refractivity contribution in [2.24, 2.45) is 0 Å². The second kappa shape index (κ2) is 8.76. The van der Waals surface area contributed by atoms with Gasteiger partial charge in [-0.15, -0.1) is 0 Å². The first-order chi connectivity index (χ1) is 12.9. The molecular formula is C20H21BrClN3O2. The van der Waals surface area contributed by atoms with Crippen LogP contribution in [0.3, 0.4) is 0 Å². The van der Waals surface area contributed by atoms with Gasteiger partial charge >= 0.3 is 0 Å². The van der Waals surface area contributed by atoms with Gasteiger partial charge in [0, 0.05) is 46.9 Å². The van der Waals surface area contributed by atoms with Gasteiger partial charge in [-0.3, -0.25) is 9.59 Å². The maximum Gasteiger partial charge on any atom is 0.251 e. The minimum atomic E-state index is -0.570. The van der Waals surface area contributed by atoms with Crippen molar-refractivity contribution < 1.29 is 9.59 Å². The van der Waals surface area contributed by atoms with Crippen LogP contribution < -0.4 is 10.2 Å². The number of piperazine rings is 1. The van der Waals surface area contributed by atoms with Crippen LogP contribution in [0.2, 0.25) is 5.02 Å². The van der Waals surface area contributed by atoms with E-state index in [4.69, 9.17) is 11.6 Å². The number of nitrogens with one attached hydrogen (secondary N) is 1. The molecule has 0 aromatic heterocycles. The molecule has 1 aliphatic rings. The van der Waals surface area contributed by atoms with Gasteiger partial charge in [-0.2, -0.15) is 0 Å². The number of amides is 2. The van der Waals surface area contributed by atoms with Crippen LogP contribution in [0.4, 0.5) is 5.69 Å². The maximum absolute atomic E-state index is 12.7. The zero-order chi connectivity index (χ0) is 19.4. The monoisotopic (exact) mass is 449 g/mol. The summed E-state index contributed by atoms with van der Waals surface area (Å²) in [7, 11) is 0. The van der Waals surface area contributed by atoms with Crippen LogP contribution in [0.1, 0.15) is 17.3 Å². The van der Waals surface area contributed by atoms with E-state index < -0.39 is 6.04 Å². The van der Waals surface area contributed by atoms with E-state index >= 15 is 0 Å². The van der Waals surface area contributed by atoms with Gasteiger partial charge in [-0.05, 0) is 49.4 Å². The first-order valence-electron chi connectivity index (χ1n) is 8.80. The van der Waals surface area contributed by atoms with Crippen molar-refractivity contribution in [1.29, 1.82) is 0 Å². The number of halogens is 2. The van der Waals surface area contributed by atoms with Gasteiger partial charge < -0.3 is 15.1 Å². The topological polar surface area (TPSA) is 52.7 Å². The van der Waals surface area contributed by atoms with Crippen molar-refractivity contribution in [1.82, 2.24) is 10.2 Å². The molecule has 0 radical (unpaired) electrons. The predicted octanol–water partition coefficient (Wildman–Crippen LogP) is 3.57. The van der Waals surface area contributed by atoms with E-state index in [0.29, 0.717) is 23.7 Å². The number of nitrogens with zero attached hydrogens (tertiary/aromatic N) is 2. The van der Waals surface area contributed by atoms with Gasteiger partial charge in [-0.1, -0.05) is 33.6 Å². The van der Waals surface area contributed by atoms with Crippen molar-refractivity contribution in [2.45, 2.75) is 13.0 Å². The molecule has 7 heteroatoms. The number of anilines is 1. The fraction of sp³-hybridized carbons (Fsp3) is 0.300. The molecule has 1 saturated heterocycles. The van der Waals surface area contributed by atoms with Gasteiger partial charge in [0.1, 0.15) is 6.04 Å². The van der Waals surface area contributed by atoms with Crippen molar-refractivity contribution in [3.05, 3.63) is 63.6 Å². The summed E-state index contributed by atoms with van der Waals surface area (Å²) < 4.78 is 0.903. The first-order valence-corrected chi connectivity index (χ1v) is 9.97.